The van der Waals surface area contributed by atoms with Crippen molar-refractivity contribution in [3.05, 3.63) is 130 Å². The largest absolute Gasteiger partial charge is 0.457 e. The van der Waals surface area contributed by atoms with Crippen LogP contribution in [0.1, 0.15) is 39.6 Å². The van der Waals surface area contributed by atoms with Crippen LogP contribution in [0.2, 0.25) is 5.02 Å². The molecule has 0 saturated carbocycles. The van der Waals surface area contributed by atoms with E-state index in [9.17, 15) is 24.0 Å². The van der Waals surface area contributed by atoms with E-state index in [2.05, 4.69) is 6.58 Å². The first kappa shape index (κ1) is 35.9. The Morgan fingerprint density at radius 3 is 1.94 bits per heavy atom. The Morgan fingerprint density at radius 1 is 0.765 bits per heavy atom. The molecule has 51 heavy (non-hydrogen) atoms. The minimum Gasteiger partial charge on any atom is -0.457 e. The van der Waals surface area contributed by atoms with Gasteiger partial charge in [-0.15, -0.1) is 0 Å². The highest BCUT2D eigenvalue weighted by Gasteiger charge is 2.18. The normalized spacial score (nSPS) is 10.6. The minimum absolute atomic E-state index is 0.0719. The van der Waals surface area contributed by atoms with Gasteiger partial charge < -0.3 is 32.8 Å². The van der Waals surface area contributed by atoms with E-state index in [1.165, 1.54) is 66.7 Å². The highest BCUT2D eigenvalue weighted by molar-refractivity contribution is 6.32. The number of rotatable bonds is 13. The van der Waals surface area contributed by atoms with E-state index in [1.54, 1.807) is 32.0 Å². The summed E-state index contributed by atoms with van der Waals surface area (Å²) in [6.07, 6.45) is 1.24. The molecule has 0 atom stereocenters. The van der Waals surface area contributed by atoms with E-state index in [1.807, 2.05) is 0 Å². The maximum Gasteiger partial charge on any atom is 0.344 e. The molecular weight excluding hydrogens is 684 g/mol. The molecule has 0 saturated heterocycles. The highest BCUT2D eigenvalue weighted by Crippen LogP contribution is 2.34. The molecule has 5 rings (SSSR count). The predicted octanol–water partition coefficient (Wildman–Crippen LogP) is 7.22. The molecule has 0 aliphatic heterocycles. The van der Waals surface area contributed by atoms with E-state index >= 15 is 0 Å². The third-order valence-corrected chi connectivity index (χ3v) is 7.58. The molecule has 5 aromatic rings. The fraction of sp³-hybridized carbons (Fsp3) is 0.132. The van der Waals surface area contributed by atoms with Crippen molar-refractivity contribution < 1.29 is 52.0 Å². The molecule has 0 amide bonds. The van der Waals surface area contributed by atoms with Gasteiger partial charge >= 0.3 is 29.5 Å². The monoisotopic (exact) mass is 712 g/mol. The van der Waals surface area contributed by atoms with Crippen molar-refractivity contribution >= 4 is 46.4 Å². The van der Waals surface area contributed by atoms with Crippen LogP contribution in [0.5, 0.6) is 23.0 Å². The quantitative estimate of drug-likeness (QED) is 0.0398. The average Bonchev–Trinajstić information content (AvgIpc) is 3.12. The number of halogens is 1. The molecule has 1 aromatic heterocycles. The SMILES string of the molecule is C=CC(=O)OCOc1ccc(C(=O)Oc2ccc3c(C)c(-c4ccc(OC(=O)c5ccc(OCOC(=O)CC)cc5)c(Cl)c4)c(=O)oc3c2)cc1. The number of carbonyl (C=O) groups is 4. The number of hydrogen-bond donors (Lipinski definition) is 0. The second-order valence-corrected chi connectivity index (χ2v) is 11.0. The van der Waals surface area contributed by atoms with Gasteiger partial charge in [0.2, 0.25) is 13.6 Å². The number of fused-ring (bicyclic) bond motifs is 1. The lowest BCUT2D eigenvalue weighted by Crippen LogP contribution is -2.11. The van der Waals surface area contributed by atoms with E-state index in [0.717, 1.165) is 6.08 Å². The first-order valence-corrected chi connectivity index (χ1v) is 15.7. The van der Waals surface area contributed by atoms with Crippen LogP contribution >= 0.6 is 11.6 Å². The topological polar surface area (TPSA) is 154 Å². The molecule has 260 valence electrons. The smallest absolute Gasteiger partial charge is 0.344 e. The number of aryl methyl sites for hydroxylation is 1. The van der Waals surface area contributed by atoms with Gasteiger partial charge in [0.25, 0.3) is 0 Å². The minimum atomic E-state index is -0.679. The summed E-state index contributed by atoms with van der Waals surface area (Å²) in [6, 6.07) is 21.2. The Bertz CT molecular complexity index is 2170. The molecule has 0 bridgehead atoms. The first-order valence-electron chi connectivity index (χ1n) is 15.3. The fourth-order valence-electron chi connectivity index (χ4n) is 4.65. The molecule has 0 aliphatic rings. The van der Waals surface area contributed by atoms with Crippen LogP contribution in [0, 0.1) is 6.92 Å². The lowest BCUT2D eigenvalue weighted by Gasteiger charge is -2.12. The van der Waals surface area contributed by atoms with Gasteiger partial charge in [0.1, 0.15) is 28.6 Å². The zero-order chi connectivity index (χ0) is 36.5. The lowest BCUT2D eigenvalue weighted by molar-refractivity contribution is -0.149. The zero-order valence-corrected chi connectivity index (χ0v) is 28.0. The lowest BCUT2D eigenvalue weighted by atomic mass is 9.99. The third kappa shape index (κ3) is 8.99. The summed E-state index contributed by atoms with van der Waals surface area (Å²) in [6.45, 7) is 6.13. The zero-order valence-electron chi connectivity index (χ0n) is 27.3. The van der Waals surface area contributed by atoms with Crippen molar-refractivity contribution in [2.75, 3.05) is 13.6 Å². The van der Waals surface area contributed by atoms with Gasteiger partial charge in [-0.3, -0.25) is 4.79 Å². The average molecular weight is 713 g/mol. The van der Waals surface area contributed by atoms with E-state index in [4.69, 9.17) is 44.4 Å². The van der Waals surface area contributed by atoms with Crippen LogP contribution in [0.15, 0.2) is 107 Å². The summed E-state index contributed by atoms with van der Waals surface area (Å²) < 4.78 is 36.8. The molecule has 13 heteroatoms. The van der Waals surface area contributed by atoms with Gasteiger partial charge in [-0.25, -0.2) is 19.2 Å². The number of ether oxygens (including phenoxy) is 6. The van der Waals surface area contributed by atoms with E-state index < -0.39 is 29.5 Å². The highest BCUT2D eigenvalue weighted by atomic mass is 35.5. The molecule has 0 fully saturated rings. The first-order chi connectivity index (χ1) is 24.6. The maximum atomic E-state index is 13.2. The predicted molar refractivity (Wildman–Crippen MR) is 184 cm³/mol. The molecule has 0 unspecified atom stereocenters. The van der Waals surface area contributed by atoms with Crippen LogP contribution in [-0.2, 0) is 19.1 Å². The van der Waals surface area contributed by atoms with Crippen molar-refractivity contribution in [2.45, 2.75) is 20.3 Å². The second-order valence-electron chi connectivity index (χ2n) is 10.6. The number of hydrogen-bond acceptors (Lipinski definition) is 12. The van der Waals surface area contributed by atoms with Gasteiger partial charge in [0.05, 0.1) is 21.7 Å². The standard InChI is InChI=1S/C38H29ClO12/c1-4-33(40)47-20-45-26-11-6-23(7-12-26)36(42)49-28-15-16-29-22(3)35(38(44)51-32(29)19-28)25-10-17-31(30(39)18-25)50-37(43)24-8-13-27(14-9-24)46-21-48-34(41)5-2/h4,6-19H,1,5,20-21H2,2-3H3. The van der Waals surface area contributed by atoms with Gasteiger partial charge in [-0.2, -0.15) is 0 Å². The molecular formula is C38H29ClO12. The Labute approximate surface area is 295 Å². The summed E-state index contributed by atoms with van der Waals surface area (Å²) in [5, 5.41) is 0.668. The van der Waals surface area contributed by atoms with Crippen molar-refractivity contribution in [1.29, 1.82) is 0 Å². The van der Waals surface area contributed by atoms with Gasteiger partial charge in [-0.05, 0) is 90.8 Å². The Kier molecular flexibility index (Phi) is 11.5. The second kappa shape index (κ2) is 16.3. The molecule has 0 N–H and O–H groups in total. The number of esters is 4. The molecule has 1 heterocycles. The number of carbonyl (C=O) groups excluding carboxylic acids is 4. The van der Waals surface area contributed by atoms with Crippen molar-refractivity contribution in [3.8, 4) is 34.1 Å². The summed E-state index contributed by atoms with van der Waals surface area (Å²) in [4.78, 5) is 61.1. The van der Waals surface area contributed by atoms with Crippen LogP contribution in [0.25, 0.3) is 22.1 Å². The molecule has 12 nitrogen and oxygen atoms in total. The summed E-state index contributed by atoms with van der Waals surface area (Å²) in [5.41, 5.74) is 1.23. The van der Waals surface area contributed by atoms with Gasteiger partial charge in [0.15, 0.2) is 0 Å². The maximum absolute atomic E-state index is 13.2. The number of benzene rings is 4. The summed E-state index contributed by atoms with van der Waals surface area (Å²) in [7, 11) is 0. The Morgan fingerprint density at radius 2 is 1.35 bits per heavy atom. The van der Waals surface area contributed by atoms with Crippen LogP contribution in [-0.4, -0.2) is 37.5 Å². The summed E-state index contributed by atoms with van der Waals surface area (Å²) >= 11 is 6.47. The van der Waals surface area contributed by atoms with E-state index in [-0.39, 0.29) is 58.8 Å². The van der Waals surface area contributed by atoms with Crippen molar-refractivity contribution in [2.24, 2.45) is 0 Å². The molecule has 0 aliphatic carbocycles. The van der Waals surface area contributed by atoms with Gasteiger partial charge in [0, 0.05) is 23.9 Å². The molecule has 0 spiro atoms. The summed E-state index contributed by atoms with van der Waals surface area (Å²) in [5.74, 6) is -1.40. The fourth-order valence-corrected chi connectivity index (χ4v) is 4.87. The molecule has 0 radical (unpaired) electrons. The Hall–Kier alpha value is -6.40. The van der Waals surface area contributed by atoms with E-state index in [0.29, 0.717) is 28.0 Å². The van der Waals surface area contributed by atoms with Crippen LogP contribution in [0.3, 0.4) is 0 Å². The molecule has 4 aromatic carbocycles. The van der Waals surface area contributed by atoms with Crippen molar-refractivity contribution in [3.63, 3.8) is 0 Å². The van der Waals surface area contributed by atoms with Crippen LogP contribution < -0.4 is 24.6 Å². The van der Waals surface area contributed by atoms with Gasteiger partial charge in [-0.1, -0.05) is 31.2 Å². The third-order valence-electron chi connectivity index (χ3n) is 7.28. The van der Waals surface area contributed by atoms with Crippen molar-refractivity contribution in [1.82, 2.24) is 0 Å². The van der Waals surface area contributed by atoms with Crippen LogP contribution in [0.4, 0.5) is 0 Å². The Balaban J connectivity index is 1.25.